The van der Waals surface area contributed by atoms with Crippen molar-refractivity contribution < 1.29 is 13.2 Å². The average molecular weight is 465 g/mol. The molecule has 1 aromatic heterocycles. The highest BCUT2D eigenvalue weighted by Gasteiger charge is 2.20. The smallest absolute Gasteiger partial charge is 0.323 e. The highest BCUT2D eigenvalue weighted by Crippen LogP contribution is 2.23. The zero-order valence-corrected chi connectivity index (χ0v) is 18.9. The van der Waals surface area contributed by atoms with E-state index in [2.05, 4.69) is 20.0 Å². The van der Waals surface area contributed by atoms with Gasteiger partial charge in [-0.05, 0) is 53.9 Å². The Hall–Kier alpha value is -3.85. The van der Waals surface area contributed by atoms with Crippen molar-refractivity contribution >= 4 is 32.7 Å². The fourth-order valence-corrected chi connectivity index (χ4v) is 4.69. The number of hydrogen-bond acceptors (Lipinski definition) is 4. The molecule has 0 aliphatic heterocycles. The quantitative estimate of drug-likeness (QED) is 0.332. The minimum absolute atomic E-state index is 0.00899. The lowest BCUT2D eigenvalue weighted by Crippen LogP contribution is -2.31. The van der Waals surface area contributed by atoms with Crippen LogP contribution in [0.3, 0.4) is 0 Å². The van der Waals surface area contributed by atoms with Gasteiger partial charge < -0.3 is 15.3 Å². The van der Waals surface area contributed by atoms with Crippen LogP contribution in [0.25, 0.3) is 11.0 Å². The van der Waals surface area contributed by atoms with Crippen molar-refractivity contribution in [1.29, 1.82) is 0 Å². The van der Waals surface area contributed by atoms with Gasteiger partial charge in [0.05, 0.1) is 22.0 Å². The van der Waals surface area contributed by atoms with Gasteiger partial charge in [-0.1, -0.05) is 44.2 Å². The van der Waals surface area contributed by atoms with Gasteiger partial charge in [-0.25, -0.2) is 13.2 Å². The minimum Gasteiger partial charge on any atom is -0.345 e. The largest absolute Gasteiger partial charge is 0.345 e. The minimum atomic E-state index is -3.88. The molecule has 8 nitrogen and oxygen atoms in total. The number of imidazole rings is 1. The number of H-pyrrole nitrogens is 2. The van der Waals surface area contributed by atoms with Gasteiger partial charge in [0, 0.05) is 11.3 Å². The van der Waals surface area contributed by atoms with Crippen LogP contribution in [0.1, 0.15) is 35.8 Å². The van der Waals surface area contributed by atoms with Gasteiger partial charge in [0.2, 0.25) is 0 Å². The molecule has 0 saturated carbocycles. The second-order valence-corrected chi connectivity index (χ2v) is 9.76. The number of benzene rings is 3. The SMILES string of the molecule is CC(C)[C@H](NC(=O)c1ccc(NS(=O)(=O)c2ccc3[nH]c(=O)[nH]c3c2)cc1)c1ccccc1. The van der Waals surface area contributed by atoms with E-state index in [9.17, 15) is 18.0 Å². The summed E-state index contributed by atoms with van der Waals surface area (Å²) < 4.78 is 28.0. The Kier molecular flexibility index (Phi) is 6.06. The van der Waals surface area contributed by atoms with Crippen molar-refractivity contribution in [2.45, 2.75) is 24.8 Å². The molecule has 0 bridgehead atoms. The van der Waals surface area contributed by atoms with Crippen molar-refractivity contribution in [1.82, 2.24) is 15.3 Å². The van der Waals surface area contributed by atoms with E-state index in [0.717, 1.165) is 5.56 Å². The van der Waals surface area contributed by atoms with Crippen molar-refractivity contribution in [2.75, 3.05) is 4.72 Å². The van der Waals surface area contributed by atoms with Crippen molar-refractivity contribution in [3.05, 3.63) is 94.4 Å². The molecule has 0 unspecified atom stereocenters. The van der Waals surface area contributed by atoms with Crippen LogP contribution in [-0.4, -0.2) is 24.3 Å². The van der Waals surface area contributed by atoms with E-state index in [1.165, 1.54) is 30.3 Å². The topological polar surface area (TPSA) is 124 Å². The molecule has 0 saturated heterocycles. The second-order valence-electron chi connectivity index (χ2n) is 8.08. The van der Waals surface area contributed by atoms with Gasteiger partial charge in [-0.2, -0.15) is 0 Å². The predicted molar refractivity (Wildman–Crippen MR) is 128 cm³/mol. The van der Waals surface area contributed by atoms with E-state index in [1.807, 2.05) is 44.2 Å². The standard InChI is InChI=1S/C24H24N4O4S/c1-15(2)22(16-6-4-3-5-7-16)27-23(29)17-8-10-18(11-9-17)28-33(31,32)19-12-13-20-21(14-19)26-24(30)25-20/h3-15,22,28H,1-2H3,(H,27,29)(H2,25,26,30)/t22-/m0/s1. The molecule has 1 heterocycles. The van der Waals surface area contributed by atoms with E-state index in [4.69, 9.17) is 0 Å². The third-order valence-electron chi connectivity index (χ3n) is 5.31. The predicted octanol–water partition coefficient (Wildman–Crippen LogP) is 3.78. The Morgan fingerprint density at radius 2 is 1.55 bits per heavy atom. The van der Waals surface area contributed by atoms with Crippen LogP contribution in [0.4, 0.5) is 5.69 Å². The van der Waals surface area contributed by atoms with Crippen LogP contribution in [0.5, 0.6) is 0 Å². The first-order valence-electron chi connectivity index (χ1n) is 10.4. The zero-order chi connectivity index (χ0) is 23.6. The van der Waals surface area contributed by atoms with Crippen molar-refractivity contribution in [3.8, 4) is 0 Å². The molecule has 4 aromatic rings. The third kappa shape index (κ3) is 4.98. The number of hydrogen-bond donors (Lipinski definition) is 4. The second kappa shape index (κ2) is 8.95. The van der Waals surface area contributed by atoms with Crippen LogP contribution in [0.15, 0.2) is 82.5 Å². The number of amides is 1. The van der Waals surface area contributed by atoms with E-state index >= 15 is 0 Å². The van der Waals surface area contributed by atoms with Gasteiger partial charge >= 0.3 is 5.69 Å². The molecule has 1 atom stereocenters. The number of rotatable bonds is 7. The van der Waals surface area contributed by atoms with E-state index < -0.39 is 15.7 Å². The molecule has 4 rings (SSSR count). The van der Waals surface area contributed by atoms with Crippen LogP contribution in [-0.2, 0) is 10.0 Å². The summed E-state index contributed by atoms with van der Waals surface area (Å²) >= 11 is 0. The van der Waals surface area contributed by atoms with Gasteiger partial charge in [-0.3, -0.25) is 9.52 Å². The first-order chi connectivity index (χ1) is 15.7. The lowest BCUT2D eigenvalue weighted by Gasteiger charge is -2.23. The summed E-state index contributed by atoms with van der Waals surface area (Å²) in [5, 5.41) is 3.05. The summed E-state index contributed by atoms with van der Waals surface area (Å²) in [5.41, 5.74) is 2.26. The normalized spacial score (nSPS) is 12.6. The van der Waals surface area contributed by atoms with E-state index in [1.54, 1.807) is 12.1 Å². The summed E-state index contributed by atoms with van der Waals surface area (Å²) in [4.78, 5) is 29.3. The molecule has 1 amide bonds. The molecule has 9 heteroatoms. The van der Waals surface area contributed by atoms with Gasteiger partial charge in [0.1, 0.15) is 0 Å². The van der Waals surface area contributed by atoms with Crippen molar-refractivity contribution in [2.24, 2.45) is 5.92 Å². The monoisotopic (exact) mass is 464 g/mol. The molecule has 33 heavy (non-hydrogen) atoms. The number of aromatic nitrogens is 2. The maximum Gasteiger partial charge on any atom is 0.323 e. The van der Waals surface area contributed by atoms with E-state index in [0.29, 0.717) is 22.3 Å². The number of fused-ring (bicyclic) bond motifs is 1. The van der Waals surface area contributed by atoms with Crippen LogP contribution < -0.4 is 15.7 Å². The number of nitrogens with one attached hydrogen (secondary N) is 4. The van der Waals surface area contributed by atoms with Crippen LogP contribution in [0.2, 0.25) is 0 Å². The lowest BCUT2D eigenvalue weighted by molar-refractivity contribution is 0.0925. The maximum absolute atomic E-state index is 12.8. The Balaban J connectivity index is 1.49. The molecular weight excluding hydrogens is 440 g/mol. The average Bonchev–Trinajstić information content (AvgIpc) is 3.17. The molecule has 170 valence electrons. The Bertz CT molecular complexity index is 1440. The molecule has 4 N–H and O–H groups in total. The van der Waals surface area contributed by atoms with Crippen LogP contribution >= 0.6 is 0 Å². The highest BCUT2D eigenvalue weighted by atomic mass is 32.2. The number of carbonyl (C=O) groups is 1. The molecular formula is C24H24N4O4S. The Labute approximate surface area is 191 Å². The van der Waals surface area contributed by atoms with E-state index in [-0.39, 0.29) is 22.8 Å². The summed E-state index contributed by atoms with van der Waals surface area (Å²) in [6.45, 7) is 4.08. The maximum atomic E-state index is 12.8. The fraction of sp³-hybridized carbons (Fsp3) is 0.167. The highest BCUT2D eigenvalue weighted by molar-refractivity contribution is 7.92. The third-order valence-corrected chi connectivity index (χ3v) is 6.69. The van der Waals surface area contributed by atoms with Crippen LogP contribution in [0, 0.1) is 5.92 Å². The first-order valence-corrected chi connectivity index (χ1v) is 11.9. The molecule has 0 spiro atoms. The van der Waals surface area contributed by atoms with Gasteiger partial charge in [0.15, 0.2) is 0 Å². The molecule has 0 aliphatic rings. The first kappa shape index (κ1) is 22.3. The Morgan fingerprint density at radius 3 is 2.21 bits per heavy atom. The molecule has 0 fully saturated rings. The number of anilines is 1. The molecule has 0 aliphatic carbocycles. The lowest BCUT2D eigenvalue weighted by atomic mass is 9.95. The Morgan fingerprint density at radius 1 is 0.879 bits per heavy atom. The van der Waals surface area contributed by atoms with Gasteiger partial charge in [-0.15, -0.1) is 0 Å². The molecule has 0 radical (unpaired) electrons. The number of carbonyl (C=O) groups excluding carboxylic acids is 1. The molecule has 3 aromatic carbocycles. The summed E-state index contributed by atoms with van der Waals surface area (Å²) in [7, 11) is -3.88. The zero-order valence-electron chi connectivity index (χ0n) is 18.1. The summed E-state index contributed by atoms with van der Waals surface area (Å²) in [6, 6.07) is 20.1. The van der Waals surface area contributed by atoms with Crippen molar-refractivity contribution in [3.63, 3.8) is 0 Å². The summed E-state index contributed by atoms with van der Waals surface area (Å²) in [5.74, 6) is -0.0523. The fourth-order valence-electron chi connectivity index (χ4n) is 3.60. The number of sulfonamides is 1. The van der Waals surface area contributed by atoms with Gasteiger partial charge in [0.25, 0.3) is 15.9 Å². The number of aromatic amines is 2. The summed E-state index contributed by atoms with van der Waals surface area (Å²) in [6.07, 6.45) is 0.